The molecule has 0 aliphatic carbocycles. The van der Waals surface area contributed by atoms with Crippen LogP contribution in [0.2, 0.25) is 0 Å². The second kappa shape index (κ2) is 6.72. The van der Waals surface area contributed by atoms with Gasteiger partial charge in [-0.1, -0.05) is 22.9 Å². The van der Waals surface area contributed by atoms with E-state index < -0.39 is 12.0 Å². The monoisotopic (exact) mass is 316 g/mol. The summed E-state index contributed by atoms with van der Waals surface area (Å²) in [6.07, 6.45) is -0.525. The number of carbonyl (C=O) groups is 1. The quantitative estimate of drug-likeness (QED) is 0.630. The highest BCUT2D eigenvalue weighted by Crippen LogP contribution is 2.29. The van der Waals surface area contributed by atoms with E-state index in [-0.39, 0.29) is 18.3 Å². The molecule has 0 aliphatic rings. The Kier molecular flexibility index (Phi) is 5.58. The molecule has 1 rings (SSSR count). The van der Waals surface area contributed by atoms with E-state index in [9.17, 15) is 15.0 Å². The van der Waals surface area contributed by atoms with E-state index in [1.54, 1.807) is 18.2 Å². The molecule has 6 heteroatoms. The first-order chi connectivity index (χ1) is 8.45. The number of amides is 1. The third-order valence-electron chi connectivity index (χ3n) is 2.66. The van der Waals surface area contributed by atoms with E-state index in [0.717, 1.165) is 4.47 Å². The number of aliphatic hydroxyl groups is 1. The number of aromatic hydroxyl groups is 1. The lowest BCUT2D eigenvalue weighted by Gasteiger charge is -2.20. The second-order valence-electron chi connectivity index (χ2n) is 3.99. The second-order valence-corrected chi connectivity index (χ2v) is 4.91. The molecule has 0 aromatic heterocycles. The zero-order valence-electron chi connectivity index (χ0n) is 10.1. The van der Waals surface area contributed by atoms with Crippen molar-refractivity contribution < 1.29 is 15.0 Å². The highest BCUT2D eigenvalue weighted by atomic mass is 79.9. The third kappa shape index (κ3) is 3.97. The summed E-state index contributed by atoms with van der Waals surface area (Å²) >= 11 is 3.33. The Hall–Kier alpha value is -1.11. The number of nitrogens with two attached hydrogens (primary N) is 1. The molecule has 1 aromatic rings. The van der Waals surface area contributed by atoms with Crippen LogP contribution in [0.15, 0.2) is 22.7 Å². The van der Waals surface area contributed by atoms with E-state index in [1.807, 2.05) is 6.92 Å². The number of halogens is 1. The van der Waals surface area contributed by atoms with Crippen LogP contribution in [0.25, 0.3) is 0 Å². The van der Waals surface area contributed by atoms with Crippen molar-refractivity contribution in [2.45, 2.75) is 25.5 Å². The van der Waals surface area contributed by atoms with Crippen molar-refractivity contribution in [2.75, 3.05) is 6.54 Å². The van der Waals surface area contributed by atoms with Gasteiger partial charge in [0, 0.05) is 22.6 Å². The number of hydrogen-bond acceptors (Lipinski definition) is 4. The van der Waals surface area contributed by atoms with Crippen LogP contribution in [0.1, 0.15) is 24.9 Å². The largest absolute Gasteiger partial charge is 0.508 e. The minimum atomic E-state index is -1.23. The van der Waals surface area contributed by atoms with Gasteiger partial charge in [0.1, 0.15) is 11.9 Å². The molecule has 2 unspecified atom stereocenters. The maximum Gasteiger partial charge on any atom is 0.247 e. The van der Waals surface area contributed by atoms with Crippen molar-refractivity contribution in [1.82, 2.24) is 5.32 Å². The average Bonchev–Trinajstić information content (AvgIpc) is 2.33. The molecule has 0 saturated carbocycles. The number of phenolic OH excluding ortho intramolecular Hbond substituents is 1. The Bertz CT molecular complexity index is 426. The van der Waals surface area contributed by atoms with Gasteiger partial charge in [0.15, 0.2) is 0 Å². The maximum atomic E-state index is 10.7. The number of nitrogens with one attached hydrogen (secondary N) is 1. The molecule has 5 nitrogen and oxygen atoms in total. The van der Waals surface area contributed by atoms with Crippen LogP contribution >= 0.6 is 15.9 Å². The predicted molar refractivity (Wildman–Crippen MR) is 72.0 cm³/mol. The molecule has 18 heavy (non-hydrogen) atoms. The van der Waals surface area contributed by atoms with Gasteiger partial charge in [-0.05, 0) is 24.6 Å². The summed E-state index contributed by atoms with van der Waals surface area (Å²) in [7, 11) is 0. The van der Waals surface area contributed by atoms with Crippen LogP contribution in [0.4, 0.5) is 0 Å². The van der Waals surface area contributed by atoms with E-state index in [2.05, 4.69) is 21.2 Å². The normalized spacial score (nSPS) is 14.2. The Morgan fingerprint density at radius 2 is 2.22 bits per heavy atom. The molecule has 1 amide bonds. The van der Waals surface area contributed by atoms with Crippen LogP contribution in [0, 0.1) is 0 Å². The Morgan fingerprint density at radius 3 is 2.78 bits per heavy atom. The molecule has 0 spiro atoms. The molecule has 0 aliphatic heterocycles. The van der Waals surface area contributed by atoms with Crippen molar-refractivity contribution in [3.63, 3.8) is 0 Å². The summed E-state index contributed by atoms with van der Waals surface area (Å²) in [5, 5.41) is 22.1. The van der Waals surface area contributed by atoms with Crippen molar-refractivity contribution in [3.05, 3.63) is 28.2 Å². The summed E-state index contributed by atoms with van der Waals surface area (Å²) in [6.45, 7) is 1.99. The van der Waals surface area contributed by atoms with Gasteiger partial charge in [0.2, 0.25) is 5.91 Å². The van der Waals surface area contributed by atoms with Crippen LogP contribution < -0.4 is 11.1 Å². The lowest BCUT2D eigenvalue weighted by molar-refractivity contribution is -0.125. The number of primary amides is 1. The van der Waals surface area contributed by atoms with Gasteiger partial charge < -0.3 is 21.3 Å². The van der Waals surface area contributed by atoms with Crippen LogP contribution in [0.3, 0.4) is 0 Å². The smallest absolute Gasteiger partial charge is 0.247 e. The van der Waals surface area contributed by atoms with Crippen LogP contribution in [-0.2, 0) is 4.79 Å². The first kappa shape index (κ1) is 14.9. The lowest BCUT2D eigenvalue weighted by atomic mass is 10.0. The Labute approximate surface area is 114 Å². The lowest BCUT2D eigenvalue weighted by Crippen LogP contribution is -2.38. The summed E-state index contributed by atoms with van der Waals surface area (Å²) in [5.41, 5.74) is 5.68. The minimum Gasteiger partial charge on any atom is -0.508 e. The molecule has 0 fully saturated rings. The maximum absolute atomic E-state index is 10.7. The van der Waals surface area contributed by atoms with Gasteiger partial charge in [0.25, 0.3) is 0 Å². The average molecular weight is 317 g/mol. The molecule has 5 N–H and O–H groups in total. The zero-order valence-corrected chi connectivity index (χ0v) is 11.6. The first-order valence-electron chi connectivity index (χ1n) is 5.64. The van der Waals surface area contributed by atoms with Crippen molar-refractivity contribution in [1.29, 1.82) is 0 Å². The fraction of sp³-hybridized carbons (Fsp3) is 0.417. The molecule has 1 aromatic carbocycles. The summed E-state index contributed by atoms with van der Waals surface area (Å²) in [5.74, 6) is -0.595. The third-order valence-corrected chi connectivity index (χ3v) is 3.15. The Balaban J connectivity index is 2.77. The summed E-state index contributed by atoms with van der Waals surface area (Å²) < 4.78 is 0.853. The predicted octanol–water partition coefficient (Wildman–Crippen LogP) is 1.04. The SMILES string of the molecule is CCC(NCC(O)C(N)=O)c1cc(Br)ccc1O. The van der Waals surface area contributed by atoms with E-state index in [0.29, 0.717) is 12.0 Å². The Morgan fingerprint density at radius 1 is 1.56 bits per heavy atom. The van der Waals surface area contributed by atoms with Gasteiger partial charge in [-0.15, -0.1) is 0 Å². The molecule has 2 atom stereocenters. The van der Waals surface area contributed by atoms with Gasteiger partial charge in [-0.2, -0.15) is 0 Å². The molecular formula is C12H17BrN2O3. The summed E-state index contributed by atoms with van der Waals surface area (Å²) in [6, 6.07) is 4.97. The van der Waals surface area contributed by atoms with Crippen molar-refractivity contribution in [2.24, 2.45) is 5.73 Å². The topological polar surface area (TPSA) is 95.6 Å². The van der Waals surface area contributed by atoms with E-state index in [4.69, 9.17) is 5.73 Å². The van der Waals surface area contributed by atoms with Crippen LogP contribution in [-0.4, -0.2) is 28.8 Å². The number of aliphatic hydroxyl groups excluding tert-OH is 1. The van der Waals surface area contributed by atoms with E-state index in [1.165, 1.54) is 0 Å². The molecule has 0 saturated heterocycles. The molecular weight excluding hydrogens is 300 g/mol. The first-order valence-corrected chi connectivity index (χ1v) is 6.44. The van der Waals surface area contributed by atoms with Crippen LogP contribution in [0.5, 0.6) is 5.75 Å². The number of benzene rings is 1. The highest BCUT2D eigenvalue weighted by Gasteiger charge is 2.17. The van der Waals surface area contributed by atoms with Gasteiger partial charge in [-0.3, -0.25) is 4.79 Å². The molecule has 0 radical (unpaired) electrons. The number of rotatable bonds is 6. The number of hydrogen-bond donors (Lipinski definition) is 4. The number of phenols is 1. The fourth-order valence-electron chi connectivity index (χ4n) is 1.63. The standard InChI is InChI=1S/C12H17BrN2O3/c1-2-9(15-6-11(17)12(14)18)8-5-7(13)3-4-10(8)16/h3-5,9,11,15-17H,2,6H2,1H3,(H2,14,18). The van der Waals surface area contributed by atoms with E-state index >= 15 is 0 Å². The molecule has 0 heterocycles. The highest BCUT2D eigenvalue weighted by molar-refractivity contribution is 9.10. The van der Waals surface area contributed by atoms with Gasteiger partial charge in [-0.25, -0.2) is 0 Å². The zero-order chi connectivity index (χ0) is 13.7. The summed E-state index contributed by atoms with van der Waals surface area (Å²) in [4.78, 5) is 10.7. The number of carbonyl (C=O) groups excluding carboxylic acids is 1. The van der Waals surface area contributed by atoms with Gasteiger partial charge in [0.05, 0.1) is 0 Å². The molecule has 100 valence electrons. The van der Waals surface area contributed by atoms with Gasteiger partial charge >= 0.3 is 0 Å². The minimum absolute atomic E-state index is 0.0554. The van der Waals surface area contributed by atoms with Crippen molar-refractivity contribution >= 4 is 21.8 Å². The molecule has 0 bridgehead atoms. The van der Waals surface area contributed by atoms with Crippen molar-refractivity contribution in [3.8, 4) is 5.75 Å². The fourth-order valence-corrected chi connectivity index (χ4v) is 2.01.